The SMILES string of the molecule is CCOc1ccccc1NC(=O)c1ccc(OCC(=O)Nc2ccc(OC)cc2)c(OC)c1. The Hall–Kier alpha value is -4.20. The van der Waals surface area contributed by atoms with Gasteiger partial charge in [0.1, 0.15) is 11.5 Å². The molecule has 172 valence electrons. The summed E-state index contributed by atoms with van der Waals surface area (Å²) in [5.41, 5.74) is 1.56. The maximum atomic E-state index is 12.7. The largest absolute Gasteiger partial charge is 0.497 e. The second-order valence-corrected chi connectivity index (χ2v) is 6.81. The third-order valence-corrected chi connectivity index (χ3v) is 4.59. The van der Waals surface area contributed by atoms with Gasteiger partial charge in [-0.1, -0.05) is 12.1 Å². The summed E-state index contributed by atoms with van der Waals surface area (Å²) in [7, 11) is 3.04. The number of anilines is 2. The Morgan fingerprint density at radius 1 is 0.788 bits per heavy atom. The van der Waals surface area contributed by atoms with Crippen molar-refractivity contribution in [1.29, 1.82) is 0 Å². The van der Waals surface area contributed by atoms with E-state index in [0.717, 1.165) is 0 Å². The van der Waals surface area contributed by atoms with Gasteiger partial charge in [-0.15, -0.1) is 0 Å². The van der Waals surface area contributed by atoms with Crippen molar-refractivity contribution in [3.8, 4) is 23.0 Å². The molecular weight excluding hydrogens is 424 g/mol. The number of carbonyl (C=O) groups is 2. The van der Waals surface area contributed by atoms with Crippen LogP contribution in [-0.4, -0.2) is 39.2 Å². The number of ether oxygens (including phenoxy) is 4. The lowest BCUT2D eigenvalue weighted by Gasteiger charge is -2.14. The average Bonchev–Trinajstić information content (AvgIpc) is 2.84. The fourth-order valence-corrected chi connectivity index (χ4v) is 2.99. The first-order chi connectivity index (χ1) is 16.0. The molecule has 3 rings (SSSR count). The van der Waals surface area contributed by atoms with Gasteiger partial charge in [-0.25, -0.2) is 0 Å². The van der Waals surface area contributed by atoms with Crippen molar-refractivity contribution < 1.29 is 28.5 Å². The molecule has 2 amide bonds. The van der Waals surface area contributed by atoms with Gasteiger partial charge < -0.3 is 29.6 Å². The van der Waals surface area contributed by atoms with Crippen LogP contribution in [0.4, 0.5) is 11.4 Å². The van der Waals surface area contributed by atoms with Crippen LogP contribution in [0.2, 0.25) is 0 Å². The molecule has 0 aliphatic rings. The molecule has 3 aromatic carbocycles. The molecule has 0 aromatic heterocycles. The Morgan fingerprint density at radius 2 is 1.55 bits per heavy atom. The summed E-state index contributed by atoms with van der Waals surface area (Å²) in [6, 6.07) is 18.9. The van der Waals surface area contributed by atoms with Crippen LogP contribution >= 0.6 is 0 Å². The molecule has 0 spiro atoms. The van der Waals surface area contributed by atoms with Crippen LogP contribution in [-0.2, 0) is 4.79 Å². The van der Waals surface area contributed by atoms with E-state index in [1.807, 2.05) is 19.1 Å². The van der Waals surface area contributed by atoms with Gasteiger partial charge in [0.2, 0.25) is 0 Å². The number of carbonyl (C=O) groups excluding carboxylic acids is 2. The van der Waals surface area contributed by atoms with Gasteiger partial charge in [0.25, 0.3) is 11.8 Å². The molecule has 3 aromatic rings. The molecule has 0 heterocycles. The molecule has 2 N–H and O–H groups in total. The topological polar surface area (TPSA) is 95.1 Å². The van der Waals surface area contributed by atoms with E-state index >= 15 is 0 Å². The smallest absolute Gasteiger partial charge is 0.262 e. The molecule has 0 saturated carbocycles. The fraction of sp³-hybridized carbons (Fsp3) is 0.200. The van der Waals surface area contributed by atoms with Gasteiger partial charge in [0, 0.05) is 11.3 Å². The average molecular weight is 450 g/mol. The summed E-state index contributed by atoms with van der Waals surface area (Å²) in [6.45, 7) is 2.13. The quantitative estimate of drug-likeness (QED) is 0.476. The predicted molar refractivity (Wildman–Crippen MR) is 126 cm³/mol. The number of nitrogens with one attached hydrogen (secondary N) is 2. The molecule has 0 aliphatic heterocycles. The van der Waals surface area contributed by atoms with Gasteiger partial charge >= 0.3 is 0 Å². The van der Waals surface area contributed by atoms with Crippen molar-refractivity contribution in [1.82, 2.24) is 0 Å². The molecule has 8 heteroatoms. The molecule has 0 saturated heterocycles. The predicted octanol–water partition coefficient (Wildman–Crippen LogP) is 4.37. The molecule has 0 bridgehead atoms. The number of benzene rings is 3. The molecule has 8 nitrogen and oxygen atoms in total. The van der Waals surface area contributed by atoms with Crippen molar-refractivity contribution in [3.63, 3.8) is 0 Å². The number of rotatable bonds is 10. The number of hydrogen-bond acceptors (Lipinski definition) is 6. The highest BCUT2D eigenvalue weighted by atomic mass is 16.5. The van der Waals surface area contributed by atoms with Crippen LogP contribution in [0.3, 0.4) is 0 Å². The van der Waals surface area contributed by atoms with Crippen LogP contribution in [0.5, 0.6) is 23.0 Å². The molecule has 33 heavy (non-hydrogen) atoms. The first-order valence-corrected chi connectivity index (χ1v) is 10.3. The molecular formula is C25H26N2O6. The van der Waals surface area contributed by atoms with E-state index in [1.54, 1.807) is 61.7 Å². The minimum atomic E-state index is -0.337. The van der Waals surface area contributed by atoms with Crippen molar-refractivity contribution >= 4 is 23.2 Å². The summed E-state index contributed by atoms with van der Waals surface area (Å²) >= 11 is 0. The third kappa shape index (κ3) is 6.39. The first-order valence-electron chi connectivity index (χ1n) is 10.3. The summed E-state index contributed by atoms with van der Waals surface area (Å²) in [5, 5.41) is 5.57. The molecule has 0 unspecified atom stereocenters. The lowest BCUT2D eigenvalue weighted by Crippen LogP contribution is -2.20. The van der Waals surface area contributed by atoms with Gasteiger partial charge in [-0.3, -0.25) is 9.59 Å². The molecule has 0 fully saturated rings. The zero-order valence-corrected chi connectivity index (χ0v) is 18.7. The Balaban J connectivity index is 1.63. The zero-order valence-electron chi connectivity index (χ0n) is 18.7. The van der Waals surface area contributed by atoms with Crippen molar-refractivity contribution in [2.45, 2.75) is 6.92 Å². The summed E-state index contributed by atoms with van der Waals surface area (Å²) in [6.07, 6.45) is 0. The Labute approximate surface area is 192 Å². The highest BCUT2D eigenvalue weighted by Crippen LogP contribution is 2.29. The standard InChI is InChI=1S/C25H26N2O6/c1-4-32-21-8-6-5-7-20(21)27-25(29)17-9-14-22(23(15-17)31-3)33-16-24(28)26-18-10-12-19(30-2)13-11-18/h5-15H,4,16H2,1-3H3,(H,26,28)(H,27,29). The maximum absolute atomic E-state index is 12.7. The first kappa shape index (κ1) is 23.5. The van der Waals surface area contributed by atoms with Crippen LogP contribution in [0.25, 0.3) is 0 Å². The third-order valence-electron chi connectivity index (χ3n) is 4.59. The monoisotopic (exact) mass is 450 g/mol. The van der Waals surface area contributed by atoms with E-state index in [2.05, 4.69) is 10.6 Å². The fourth-order valence-electron chi connectivity index (χ4n) is 2.99. The number of amides is 2. The minimum absolute atomic E-state index is 0.227. The van der Waals surface area contributed by atoms with E-state index in [-0.39, 0.29) is 18.4 Å². The second-order valence-electron chi connectivity index (χ2n) is 6.81. The Morgan fingerprint density at radius 3 is 2.24 bits per heavy atom. The van der Waals surface area contributed by atoms with E-state index < -0.39 is 0 Å². The highest BCUT2D eigenvalue weighted by Gasteiger charge is 2.14. The van der Waals surface area contributed by atoms with Crippen LogP contribution in [0.15, 0.2) is 66.7 Å². The van der Waals surface area contributed by atoms with E-state index in [0.29, 0.717) is 46.5 Å². The normalized spacial score (nSPS) is 10.2. The molecule has 0 aliphatic carbocycles. The number of hydrogen-bond donors (Lipinski definition) is 2. The van der Waals surface area contributed by atoms with Crippen LogP contribution in [0, 0.1) is 0 Å². The van der Waals surface area contributed by atoms with Gasteiger partial charge in [0.15, 0.2) is 18.1 Å². The summed E-state index contributed by atoms with van der Waals surface area (Å²) in [4.78, 5) is 24.9. The summed E-state index contributed by atoms with van der Waals surface area (Å²) in [5.74, 6) is 1.29. The van der Waals surface area contributed by atoms with Gasteiger partial charge in [0.05, 0.1) is 26.5 Å². The number of methoxy groups -OCH3 is 2. The van der Waals surface area contributed by atoms with E-state index in [9.17, 15) is 9.59 Å². The zero-order chi connectivity index (χ0) is 23.6. The lowest BCUT2D eigenvalue weighted by molar-refractivity contribution is -0.118. The van der Waals surface area contributed by atoms with Gasteiger partial charge in [-0.05, 0) is 61.5 Å². The Kier molecular flexibility index (Phi) is 8.13. The van der Waals surface area contributed by atoms with Crippen molar-refractivity contribution in [3.05, 3.63) is 72.3 Å². The minimum Gasteiger partial charge on any atom is -0.497 e. The van der Waals surface area contributed by atoms with Gasteiger partial charge in [-0.2, -0.15) is 0 Å². The van der Waals surface area contributed by atoms with Crippen LogP contribution < -0.4 is 29.6 Å². The van der Waals surface area contributed by atoms with Crippen molar-refractivity contribution in [2.24, 2.45) is 0 Å². The molecule has 0 atom stereocenters. The van der Waals surface area contributed by atoms with E-state index in [1.165, 1.54) is 7.11 Å². The highest BCUT2D eigenvalue weighted by molar-refractivity contribution is 6.05. The molecule has 0 radical (unpaired) electrons. The Bertz CT molecular complexity index is 1100. The summed E-state index contributed by atoms with van der Waals surface area (Å²) < 4.78 is 21.6. The number of para-hydroxylation sites is 2. The second kappa shape index (κ2) is 11.4. The van der Waals surface area contributed by atoms with Crippen LogP contribution in [0.1, 0.15) is 17.3 Å². The maximum Gasteiger partial charge on any atom is 0.262 e. The van der Waals surface area contributed by atoms with E-state index in [4.69, 9.17) is 18.9 Å². The lowest BCUT2D eigenvalue weighted by atomic mass is 10.1. The van der Waals surface area contributed by atoms with Crippen molar-refractivity contribution in [2.75, 3.05) is 38.1 Å².